The Morgan fingerprint density at radius 2 is 2.28 bits per heavy atom. The molecule has 0 bridgehead atoms. The van der Waals surface area contributed by atoms with Gasteiger partial charge in [-0.2, -0.15) is 0 Å². The molecule has 2 rings (SSSR count). The molecule has 0 saturated carbocycles. The van der Waals surface area contributed by atoms with Gasteiger partial charge in [0.1, 0.15) is 5.76 Å². The van der Waals surface area contributed by atoms with Crippen molar-refractivity contribution in [3.63, 3.8) is 0 Å². The molecule has 0 radical (unpaired) electrons. The topological polar surface area (TPSA) is 68.0 Å². The molecular weight excluding hydrogens is 318 g/mol. The second-order valence-electron chi connectivity index (χ2n) is 6.46. The summed E-state index contributed by atoms with van der Waals surface area (Å²) in [7, 11) is 0. The maximum Gasteiger partial charge on any atom is 0.191 e. The van der Waals surface area contributed by atoms with Crippen LogP contribution in [0.1, 0.15) is 25.5 Å². The van der Waals surface area contributed by atoms with Gasteiger partial charge < -0.3 is 24.5 Å². The molecule has 1 aliphatic rings. The van der Waals surface area contributed by atoms with E-state index in [1.165, 1.54) is 0 Å². The van der Waals surface area contributed by atoms with E-state index in [4.69, 9.17) is 13.9 Å². The third-order valence-corrected chi connectivity index (χ3v) is 3.89. The standard InChI is InChI=1S/C19H31N3O3/c1-16(2)13-22-19(21-9-6-18-5-3-11-25-18)20-8-4-10-23-14-17-7-12-24-15-17/h3,5,11,17H,1,4,6-10,12-15H2,2H3,(H2,20,21,22). The third-order valence-electron chi connectivity index (χ3n) is 3.89. The largest absolute Gasteiger partial charge is 0.469 e. The van der Waals surface area contributed by atoms with Crippen LogP contribution in [0.4, 0.5) is 0 Å². The van der Waals surface area contributed by atoms with Crippen LogP contribution in [0.25, 0.3) is 0 Å². The third kappa shape index (κ3) is 8.74. The van der Waals surface area contributed by atoms with E-state index in [0.717, 1.165) is 76.1 Å². The number of hydrogen-bond acceptors (Lipinski definition) is 4. The number of hydrogen-bond donors (Lipinski definition) is 2. The molecule has 1 aromatic rings. The van der Waals surface area contributed by atoms with E-state index in [2.05, 4.69) is 22.2 Å². The average Bonchev–Trinajstić information content (AvgIpc) is 3.28. The number of ether oxygens (including phenoxy) is 2. The Hall–Kier alpha value is -1.79. The number of guanidine groups is 1. The van der Waals surface area contributed by atoms with Gasteiger partial charge in [-0.25, -0.2) is 4.99 Å². The quantitative estimate of drug-likeness (QED) is 0.278. The molecule has 140 valence electrons. The fourth-order valence-electron chi connectivity index (χ4n) is 2.49. The first kappa shape index (κ1) is 19.5. The smallest absolute Gasteiger partial charge is 0.191 e. The Morgan fingerprint density at radius 1 is 1.40 bits per heavy atom. The first-order valence-corrected chi connectivity index (χ1v) is 9.08. The lowest BCUT2D eigenvalue weighted by Gasteiger charge is -2.13. The zero-order valence-corrected chi connectivity index (χ0v) is 15.3. The summed E-state index contributed by atoms with van der Waals surface area (Å²) in [4.78, 5) is 4.53. The maximum atomic E-state index is 5.72. The van der Waals surface area contributed by atoms with Crippen molar-refractivity contribution in [1.29, 1.82) is 0 Å². The fourth-order valence-corrected chi connectivity index (χ4v) is 2.49. The normalized spacial score (nSPS) is 17.6. The minimum absolute atomic E-state index is 0.573. The first-order chi connectivity index (χ1) is 12.2. The lowest BCUT2D eigenvalue weighted by molar-refractivity contribution is 0.0888. The Morgan fingerprint density at radius 3 is 3.00 bits per heavy atom. The summed E-state index contributed by atoms with van der Waals surface area (Å²) in [6.45, 7) is 11.4. The van der Waals surface area contributed by atoms with Gasteiger partial charge in [-0.1, -0.05) is 12.2 Å². The molecule has 2 heterocycles. The van der Waals surface area contributed by atoms with Crippen LogP contribution in [-0.2, 0) is 15.9 Å². The van der Waals surface area contributed by atoms with Crippen molar-refractivity contribution >= 4 is 5.96 Å². The molecule has 0 spiro atoms. The number of nitrogens with zero attached hydrogens (tertiary/aromatic N) is 1. The predicted octanol–water partition coefficient (Wildman–Crippen LogP) is 2.38. The molecule has 25 heavy (non-hydrogen) atoms. The highest BCUT2D eigenvalue weighted by molar-refractivity contribution is 5.79. The van der Waals surface area contributed by atoms with E-state index in [-0.39, 0.29) is 0 Å². The van der Waals surface area contributed by atoms with Crippen molar-refractivity contribution < 1.29 is 13.9 Å². The van der Waals surface area contributed by atoms with E-state index in [1.807, 2.05) is 19.1 Å². The molecule has 1 unspecified atom stereocenters. The minimum Gasteiger partial charge on any atom is -0.469 e. The second-order valence-corrected chi connectivity index (χ2v) is 6.46. The van der Waals surface area contributed by atoms with E-state index >= 15 is 0 Å². The molecule has 1 fully saturated rings. The van der Waals surface area contributed by atoms with Gasteiger partial charge in [0, 0.05) is 38.6 Å². The Bertz CT molecular complexity index is 508. The maximum absolute atomic E-state index is 5.72. The Kier molecular flexibility index (Phi) is 9.15. The van der Waals surface area contributed by atoms with Gasteiger partial charge in [-0.3, -0.25) is 0 Å². The van der Waals surface area contributed by atoms with Crippen molar-refractivity contribution in [3.8, 4) is 0 Å². The van der Waals surface area contributed by atoms with Crippen LogP contribution < -0.4 is 10.6 Å². The number of rotatable bonds is 11. The van der Waals surface area contributed by atoms with Crippen molar-refractivity contribution in [1.82, 2.24) is 10.6 Å². The molecule has 0 aromatic carbocycles. The van der Waals surface area contributed by atoms with Crippen LogP contribution in [0.3, 0.4) is 0 Å². The monoisotopic (exact) mass is 349 g/mol. The number of furan rings is 1. The summed E-state index contributed by atoms with van der Waals surface area (Å²) < 4.78 is 16.4. The zero-order valence-electron chi connectivity index (χ0n) is 15.3. The van der Waals surface area contributed by atoms with Crippen LogP contribution >= 0.6 is 0 Å². The van der Waals surface area contributed by atoms with Gasteiger partial charge in [-0.05, 0) is 31.9 Å². The molecule has 6 heteroatoms. The molecule has 1 aromatic heterocycles. The minimum atomic E-state index is 0.573. The van der Waals surface area contributed by atoms with Crippen LogP contribution in [0, 0.1) is 5.92 Å². The summed E-state index contributed by atoms with van der Waals surface area (Å²) in [5, 5.41) is 6.68. The molecule has 2 N–H and O–H groups in total. The summed E-state index contributed by atoms with van der Waals surface area (Å²) >= 11 is 0. The predicted molar refractivity (Wildman–Crippen MR) is 99.9 cm³/mol. The van der Waals surface area contributed by atoms with E-state index in [0.29, 0.717) is 12.5 Å². The Labute approximate surface area is 150 Å². The molecular formula is C19H31N3O3. The van der Waals surface area contributed by atoms with Gasteiger partial charge in [0.2, 0.25) is 0 Å². The molecule has 1 atom stereocenters. The molecule has 0 aliphatic carbocycles. The van der Waals surface area contributed by atoms with Crippen LogP contribution in [0.2, 0.25) is 0 Å². The van der Waals surface area contributed by atoms with E-state index in [1.54, 1.807) is 6.26 Å². The average molecular weight is 349 g/mol. The van der Waals surface area contributed by atoms with Gasteiger partial charge in [0.25, 0.3) is 0 Å². The van der Waals surface area contributed by atoms with Crippen molar-refractivity contribution in [2.45, 2.75) is 26.2 Å². The highest BCUT2D eigenvalue weighted by atomic mass is 16.5. The van der Waals surface area contributed by atoms with Crippen LogP contribution in [0.15, 0.2) is 40.0 Å². The first-order valence-electron chi connectivity index (χ1n) is 9.08. The summed E-state index contributed by atoms with van der Waals surface area (Å²) in [5.41, 5.74) is 1.04. The molecule has 0 amide bonds. The summed E-state index contributed by atoms with van der Waals surface area (Å²) in [6, 6.07) is 3.88. The van der Waals surface area contributed by atoms with Crippen LogP contribution in [-0.4, -0.2) is 52.0 Å². The Balaban J connectivity index is 1.59. The van der Waals surface area contributed by atoms with Crippen molar-refractivity contribution in [3.05, 3.63) is 36.3 Å². The highest BCUT2D eigenvalue weighted by Crippen LogP contribution is 2.12. The van der Waals surface area contributed by atoms with Crippen molar-refractivity contribution in [2.75, 3.05) is 46.1 Å². The fraction of sp³-hybridized carbons (Fsp3) is 0.632. The van der Waals surface area contributed by atoms with Gasteiger partial charge in [-0.15, -0.1) is 0 Å². The molecule has 1 aliphatic heterocycles. The SMILES string of the molecule is C=C(C)CN=C(NCCCOCC1CCOC1)NCCc1ccco1. The van der Waals surface area contributed by atoms with E-state index in [9.17, 15) is 0 Å². The number of aliphatic imine (C=N–C) groups is 1. The van der Waals surface area contributed by atoms with Gasteiger partial charge in [0.05, 0.1) is 26.0 Å². The van der Waals surface area contributed by atoms with Gasteiger partial charge in [0.15, 0.2) is 5.96 Å². The second kappa shape index (κ2) is 11.7. The van der Waals surface area contributed by atoms with Gasteiger partial charge >= 0.3 is 0 Å². The van der Waals surface area contributed by atoms with Crippen LogP contribution in [0.5, 0.6) is 0 Å². The number of nitrogens with one attached hydrogen (secondary N) is 2. The highest BCUT2D eigenvalue weighted by Gasteiger charge is 2.15. The summed E-state index contributed by atoms with van der Waals surface area (Å²) in [6.07, 6.45) is 4.59. The lowest BCUT2D eigenvalue weighted by Crippen LogP contribution is -2.39. The van der Waals surface area contributed by atoms with Crippen molar-refractivity contribution in [2.24, 2.45) is 10.9 Å². The zero-order chi connectivity index (χ0) is 17.7. The molecule has 6 nitrogen and oxygen atoms in total. The van der Waals surface area contributed by atoms with E-state index < -0.39 is 0 Å². The lowest BCUT2D eigenvalue weighted by atomic mass is 10.1. The molecule has 1 saturated heterocycles. The summed E-state index contributed by atoms with van der Waals surface area (Å²) in [5.74, 6) is 2.35.